The molecule has 2 rings (SSSR count). The second-order valence-electron chi connectivity index (χ2n) is 5.05. The summed E-state index contributed by atoms with van der Waals surface area (Å²) in [6.07, 6.45) is 1.26. The Kier molecular flexibility index (Phi) is 4.89. The molecule has 1 atom stereocenters. The molecule has 2 heterocycles. The summed E-state index contributed by atoms with van der Waals surface area (Å²) in [7, 11) is 1.54. The molecular weight excluding hydrogens is 294 g/mol. The molecule has 0 radical (unpaired) electrons. The molecule has 1 aliphatic heterocycles. The van der Waals surface area contributed by atoms with Gasteiger partial charge in [0.1, 0.15) is 5.69 Å². The molecule has 8 heteroatoms. The van der Waals surface area contributed by atoms with Gasteiger partial charge in [-0.05, 0) is 12.8 Å². The monoisotopic (exact) mass is 311 g/mol. The zero-order chi connectivity index (χ0) is 15.4. The van der Waals surface area contributed by atoms with Gasteiger partial charge in [0, 0.05) is 25.5 Å². The number of carbonyl (C=O) groups is 3. The van der Waals surface area contributed by atoms with Gasteiger partial charge in [-0.3, -0.25) is 14.4 Å². The molecule has 21 heavy (non-hydrogen) atoms. The fourth-order valence-corrected chi connectivity index (χ4v) is 2.82. The quantitative estimate of drug-likeness (QED) is 0.876. The van der Waals surface area contributed by atoms with E-state index >= 15 is 0 Å². The van der Waals surface area contributed by atoms with Crippen molar-refractivity contribution >= 4 is 29.1 Å². The molecule has 0 bridgehead atoms. The zero-order valence-electron chi connectivity index (χ0n) is 11.7. The van der Waals surface area contributed by atoms with E-state index in [0.717, 1.165) is 0 Å². The van der Waals surface area contributed by atoms with Crippen molar-refractivity contribution in [3.8, 4) is 0 Å². The van der Waals surface area contributed by atoms with Crippen LogP contribution in [0.4, 0.5) is 0 Å². The van der Waals surface area contributed by atoms with Gasteiger partial charge in [0.05, 0.1) is 18.0 Å². The summed E-state index contributed by atoms with van der Waals surface area (Å²) in [6.45, 7) is 0.691. The number of carboxylic acid groups (broad SMARTS) is 1. The number of carbonyl (C=O) groups excluding carboxylic acids is 2. The first kappa shape index (κ1) is 15.4. The normalized spacial score (nSPS) is 18.3. The molecule has 0 aromatic carbocycles. The first-order valence-corrected chi connectivity index (χ1v) is 7.57. The van der Waals surface area contributed by atoms with Crippen LogP contribution in [0.25, 0.3) is 0 Å². The Labute approximate surface area is 126 Å². The van der Waals surface area contributed by atoms with Crippen molar-refractivity contribution in [1.82, 2.24) is 14.8 Å². The summed E-state index contributed by atoms with van der Waals surface area (Å²) >= 11 is 1.32. The van der Waals surface area contributed by atoms with Crippen LogP contribution in [0.15, 0.2) is 10.9 Å². The summed E-state index contributed by atoms with van der Waals surface area (Å²) in [5, 5.41) is 10.7. The number of nitrogens with zero attached hydrogens (tertiary/aromatic N) is 3. The van der Waals surface area contributed by atoms with Crippen molar-refractivity contribution in [3.63, 3.8) is 0 Å². The van der Waals surface area contributed by atoms with E-state index in [-0.39, 0.29) is 24.9 Å². The van der Waals surface area contributed by atoms with Gasteiger partial charge in [-0.1, -0.05) is 0 Å². The Morgan fingerprint density at radius 1 is 1.52 bits per heavy atom. The van der Waals surface area contributed by atoms with Crippen molar-refractivity contribution in [1.29, 1.82) is 0 Å². The number of likely N-dealkylation sites (tertiary alicyclic amines) is 1. The highest BCUT2D eigenvalue weighted by atomic mass is 32.1. The number of piperidine rings is 1. The number of likely N-dealkylation sites (N-methyl/N-ethyl adjacent to an activating group) is 1. The minimum atomic E-state index is -0.876. The molecule has 1 fully saturated rings. The molecule has 0 unspecified atom stereocenters. The van der Waals surface area contributed by atoms with Crippen molar-refractivity contribution in [2.45, 2.75) is 12.8 Å². The molecule has 1 aliphatic rings. The maximum Gasteiger partial charge on any atom is 0.308 e. The van der Waals surface area contributed by atoms with Gasteiger partial charge in [-0.25, -0.2) is 4.98 Å². The number of rotatable bonds is 4. The second-order valence-corrected chi connectivity index (χ2v) is 5.77. The van der Waals surface area contributed by atoms with Gasteiger partial charge >= 0.3 is 5.97 Å². The minimum absolute atomic E-state index is 0.0668. The van der Waals surface area contributed by atoms with Gasteiger partial charge in [0.15, 0.2) is 0 Å². The average molecular weight is 311 g/mol. The lowest BCUT2D eigenvalue weighted by Crippen LogP contribution is -2.46. The fourth-order valence-electron chi connectivity index (χ4n) is 2.29. The van der Waals surface area contributed by atoms with Crippen LogP contribution in [0.5, 0.6) is 0 Å². The first-order chi connectivity index (χ1) is 9.99. The fraction of sp³-hybridized carbons (Fsp3) is 0.538. The second kappa shape index (κ2) is 6.66. The summed E-state index contributed by atoms with van der Waals surface area (Å²) in [6, 6.07) is 0. The molecule has 1 aromatic heterocycles. The van der Waals surface area contributed by atoms with Crippen molar-refractivity contribution < 1.29 is 19.5 Å². The molecule has 114 valence electrons. The van der Waals surface area contributed by atoms with Crippen LogP contribution in [0.2, 0.25) is 0 Å². The zero-order valence-corrected chi connectivity index (χ0v) is 12.5. The Hall–Kier alpha value is -1.96. The van der Waals surface area contributed by atoms with Crippen LogP contribution >= 0.6 is 11.3 Å². The highest BCUT2D eigenvalue weighted by molar-refractivity contribution is 7.07. The van der Waals surface area contributed by atoms with Crippen LogP contribution < -0.4 is 0 Å². The molecule has 0 spiro atoms. The lowest BCUT2D eigenvalue weighted by atomic mass is 9.98. The number of hydrogen-bond donors (Lipinski definition) is 1. The maximum atomic E-state index is 12.2. The smallest absolute Gasteiger partial charge is 0.308 e. The Morgan fingerprint density at radius 3 is 2.90 bits per heavy atom. The highest BCUT2D eigenvalue weighted by Gasteiger charge is 2.29. The van der Waals surface area contributed by atoms with Crippen molar-refractivity contribution in [3.05, 3.63) is 16.6 Å². The largest absolute Gasteiger partial charge is 0.481 e. The van der Waals surface area contributed by atoms with E-state index < -0.39 is 11.9 Å². The van der Waals surface area contributed by atoms with Crippen LogP contribution in [0.3, 0.4) is 0 Å². The third-order valence-electron chi connectivity index (χ3n) is 3.49. The summed E-state index contributed by atoms with van der Waals surface area (Å²) in [5.41, 5.74) is 1.88. The predicted molar refractivity (Wildman–Crippen MR) is 76.0 cm³/mol. The number of thiazole rings is 1. The molecule has 1 aromatic rings. The number of aliphatic carboxylic acids is 1. The number of aromatic nitrogens is 1. The Morgan fingerprint density at radius 2 is 2.29 bits per heavy atom. The molecule has 1 N–H and O–H groups in total. The topological polar surface area (TPSA) is 90.8 Å². The average Bonchev–Trinajstić information content (AvgIpc) is 3.00. The van der Waals surface area contributed by atoms with Crippen LogP contribution in [0, 0.1) is 5.92 Å². The van der Waals surface area contributed by atoms with E-state index in [4.69, 9.17) is 5.11 Å². The number of amides is 2. The molecule has 2 amide bonds. The minimum Gasteiger partial charge on any atom is -0.481 e. The molecule has 7 nitrogen and oxygen atoms in total. The lowest BCUT2D eigenvalue weighted by Gasteiger charge is -2.31. The van der Waals surface area contributed by atoms with E-state index in [0.29, 0.717) is 25.1 Å². The van der Waals surface area contributed by atoms with E-state index in [2.05, 4.69) is 4.98 Å². The molecular formula is C13H17N3O4S. The molecule has 0 aliphatic carbocycles. The van der Waals surface area contributed by atoms with E-state index in [1.807, 2.05) is 0 Å². The predicted octanol–water partition coefficient (Wildman–Crippen LogP) is 0.538. The first-order valence-electron chi connectivity index (χ1n) is 6.63. The van der Waals surface area contributed by atoms with Gasteiger partial charge < -0.3 is 14.9 Å². The van der Waals surface area contributed by atoms with Crippen molar-refractivity contribution in [2.24, 2.45) is 5.92 Å². The number of carboxylic acids is 1. The number of hydrogen-bond acceptors (Lipinski definition) is 5. The van der Waals surface area contributed by atoms with Gasteiger partial charge in [-0.15, -0.1) is 11.3 Å². The van der Waals surface area contributed by atoms with Gasteiger partial charge in [-0.2, -0.15) is 0 Å². The summed E-state index contributed by atoms with van der Waals surface area (Å²) in [5.74, 6) is -1.93. The Bertz CT molecular complexity index is 532. The van der Waals surface area contributed by atoms with E-state index in [1.165, 1.54) is 28.2 Å². The van der Waals surface area contributed by atoms with Crippen molar-refractivity contribution in [2.75, 3.05) is 26.7 Å². The summed E-state index contributed by atoms with van der Waals surface area (Å²) in [4.78, 5) is 41.9. The van der Waals surface area contributed by atoms with Crippen LogP contribution in [-0.2, 0) is 9.59 Å². The Balaban J connectivity index is 1.91. The third kappa shape index (κ3) is 3.78. The van der Waals surface area contributed by atoms with Gasteiger partial charge in [0.2, 0.25) is 5.91 Å². The standard InChI is InChI=1S/C13H17N3O4S/c1-15(12(18)10-7-21-8-14-10)6-11(17)16-4-2-3-9(5-16)13(19)20/h7-9H,2-6H2,1H3,(H,19,20)/t9-/m0/s1. The maximum absolute atomic E-state index is 12.2. The van der Waals surface area contributed by atoms with E-state index in [1.54, 1.807) is 10.9 Å². The SMILES string of the molecule is CN(CC(=O)N1CCC[C@H](C(=O)O)C1)C(=O)c1cscn1. The molecule has 0 saturated carbocycles. The van der Waals surface area contributed by atoms with Crippen LogP contribution in [-0.4, -0.2) is 64.4 Å². The lowest BCUT2D eigenvalue weighted by molar-refractivity contribution is -0.145. The van der Waals surface area contributed by atoms with Gasteiger partial charge in [0.25, 0.3) is 5.91 Å². The van der Waals surface area contributed by atoms with E-state index in [9.17, 15) is 14.4 Å². The highest BCUT2D eigenvalue weighted by Crippen LogP contribution is 2.17. The third-order valence-corrected chi connectivity index (χ3v) is 4.08. The summed E-state index contributed by atoms with van der Waals surface area (Å²) < 4.78 is 0. The van der Waals surface area contributed by atoms with Crippen LogP contribution in [0.1, 0.15) is 23.3 Å². The molecule has 1 saturated heterocycles.